The van der Waals surface area contributed by atoms with Crippen molar-refractivity contribution in [2.24, 2.45) is 7.05 Å². The molecule has 0 saturated carbocycles. The molecule has 0 aliphatic carbocycles. The van der Waals surface area contributed by atoms with Crippen molar-refractivity contribution in [3.05, 3.63) is 46.2 Å². The van der Waals surface area contributed by atoms with Gasteiger partial charge in [-0.15, -0.1) is 0 Å². The van der Waals surface area contributed by atoms with Crippen LogP contribution in [0.3, 0.4) is 0 Å². The zero-order valence-electron chi connectivity index (χ0n) is 12.0. The zero-order chi connectivity index (χ0) is 15.7. The smallest absolute Gasteiger partial charge is 0.368 e. The second kappa shape index (κ2) is 5.37. The quantitative estimate of drug-likeness (QED) is 0.704. The molecule has 0 aliphatic rings. The van der Waals surface area contributed by atoms with Crippen LogP contribution in [0, 0.1) is 0 Å². The SMILES string of the molecule is [3H]c1csc(OCc2c(-n3nnn(C)c3=O)coc2C=C)n1. The van der Waals surface area contributed by atoms with Crippen LogP contribution in [-0.4, -0.2) is 24.8 Å². The van der Waals surface area contributed by atoms with E-state index in [9.17, 15) is 4.79 Å². The fraction of sp³-hybridized carbons (Fsp3) is 0.167. The van der Waals surface area contributed by atoms with E-state index in [1.54, 1.807) is 5.38 Å². The number of nitrogens with zero attached hydrogens (tertiary/aromatic N) is 5. The molecular weight excluding hydrogens is 294 g/mol. The van der Waals surface area contributed by atoms with E-state index in [0.29, 0.717) is 22.2 Å². The van der Waals surface area contributed by atoms with E-state index in [4.69, 9.17) is 10.5 Å². The Morgan fingerprint density at radius 2 is 2.48 bits per heavy atom. The average Bonchev–Trinajstić information content (AvgIpc) is 3.18. The van der Waals surface area contributed by atoms with Gasteiger partial charge in [-0.25, -0.2) is 9.78 Å². The molecule has 0 bridgehead atoms. The lowest BCUT2D eigenvalue weighted by Crippen LogP contribution is -2.22. The highest BCUT2D eigenvalue weighted by Crippen LogP contribution is 2.23. The second-order valence-corrected chi connectivity index (χ2v) is 4.82. The molecule has 0 radical (unpaired) electrons. The van der Waals surface area contributed by atoms with Gasteiger partial charge in [0, 0.05) is 18.6 Å². The minimum absolute atomic E-state index is 0.100. The normalized spacial score (nSPS) is 11.4. The number of aryl methyl sites for hydroxylation is 1. The monoisotopic (exact) mass is 307 g/mol. The van der Waals surface area contributed by atoms with Crippen LogP contribution in [0.4, 0.5) is 0 Å². The summed E-state index contributed by atoms with van der Waals surface area (Å²) in [5, 5.41) is 9.36. The summed E-state index contributed by atoms with van der Waals surface area (Å²) in [6, 6.07) is 0. The van der Waals surface area contributed by atoms with Crippen LogP contribution in [0.25, 0.3) is 11.8 Å². The van der Waals surface area contributed by atoms with Gasteiger partial charge in [0.25, 0.3) is 5.19 Å². The summed E-state index contributed by atoms with van der Waals surface area (Å²) in [4.78, 5) is 15.8. The number of ether oxygens (including phenoxy) is 1. The molecule has 0 unspecified atom stereocenters. The molecule has 21 heavy (non-hydrogen) atoms. The van der Waals surface area contributed by atoms with Crippen LogP contribution < -0.4 is 10.4 Å². The first kappa shape index (κ1) is 12.1. The van der Waals surface area contributed by atoms with Crippen molar-refractivity contribution < 1.29 is 10.5 Å². The minimum atomic E-state index is -0.402. The number of rotatable bonds is 5. The van der Waals surface area contributed by atoms with E-state index >= 15 is 0 Å². The van der Waals surface area contributed by atoms with E-state index in [0.717, 1.165) is 9.36 Å². The molecule has 3 heterocycles. The first-order chi connectivity index (χ1) is 10.6. The number of tetrazole rings is 1. The molecule has 3 rings (SSSR count). The van der Waals surface area contributed by atoms with Gasteiger partial charge in [-0.1, -0.05) is 17.9 Å². The molecule has 0 aromatic carbocycles. The van der Waals surface area contributed by atoms with E-state index in [1.807, 2.05) is 0 Å². The molecule has 0 atom stereocenters. The first-order valence-electron chi connectivity index (χ1n) is 6.37. The van der Waals surface area contributed by atoms with Crippen molar-refractivity contribution in [2.45, 2.75) is 6.61 Å². The third-order valence-corrected chi connectivity index (χ3v) is 3.38. The number of thiazole rings is 1. The number of hydrogen-bond donors (Lipinski definition) is 0. The lowest BCUT2D eigenvalue weighted by atomic mass is 10.2. The third-order valence-electron chi connectivity index (χ3n) is 2.75. The van der Waals surface area contributed by atoms with Gasteiger partial charge in [-0.2, -0.15) is 9.36 Å². The van der Waals surface area contributed by atoms with E-state index < -0.39 is 5.69 Å². The third kappa shape index (κ3) is 2.38. The summed E-state index contributed by atoms with van der Waals surface area (Å²) in [6.07, 6.45) is 3.05. The predicted octanol–water partition coefficient (Wildman–Crippen LogP) is 1.24. The highest BCUT2D eigenvalue weighted by molar-refractivity contribution is 7.11. The molecule has 3 aromatic rings. The highest BCUT2D eigenvalue weighted by Gasteiger charge is 2.18. The molecule has 0 saturated heterocycles. The molecule has 0 amide bonds. The Labute approximate surface area is 124 Å². The number of hydrogen-bond acceptors (Lipinski definition) is 7. The Kier molecular flexibility index (Phi) is 3.09. The van der Waals surface area contributed by atoms with Crippen molar-refractivity contribution in [3.63, 3.8) is 0 Å². The van der Waals surface area contributed by atoms with Crippen LogP contribution in [-0.2, 0) is 13.7 Å². The summed E-state index contributed by atoms with van der Waals surface area (Å²) in [6.45, 7) is 3.76. The van der Waals surface area contributed by atoms with Gasteiger partial charge in [0.15, 0.2) is 0 Å². The fourth-order valence-corrected chi connectivity index (χ4v) is 2.17. The lowest BCUT2D eigenvalue weighted by molar-refractivity contribution is 0.302. The standard InChI is InChI=1S/C12H11N5O3S/c1-3-10-8(6-20-11-13-4-5-21-11)9(7-19-10)17-12(18)16(2)14-15-17/h3-5,7H,1,6H2,2H3/i4T. The Morgan fingerprint density at radius 1 is 1.62 bits per heavy atom. The molecule has 0 N–H and O–H groups in total. The highest BCUT2D eigenvalue weighted by atomic mass is 32.1. The average molecular weight is 307 g/mol. The van der Waals surface area contributed by atoms with Crippen LogP contribution in [0.5, 0.6) is 5.19 Å². The Balaban J connectivity index is 1.95. The molecule has 108 valence electrons. The summed E-state index contributed by atoms with van der Waals surface area (Å²) in [5.41, 5.74) is 0.621. The maximum atomic E-state index is 12.0. The Morgan fingerprint density at radius 3 is 3.10 bits per heavy atom. The van der Waals surface area contributed by atoms with Crippen LogP contribution in [0.1, 0.15) is 12.7 Å². The summed E-state index contributed by atoms with van der Waals surface area (Å²) < 4.78 is 20.5. The molecule has 0 fully saturated rings. The van der Waals surface area contributed by atoms with Crippen molar-refractivity contribution in [3.8, 4) is 10.9 Å². The molecule has 9 heteroatoms. The second-order valence-electron chi connectivity index (χ2n) is 4.00. The van der Waals surface area contributed by atoms with Crippen molar-refractivity contribution in [1.29, 1.82) is 0 Å². The van der Waals surface area contributed by atoms with Gasteiger partial charge >= 0.3 is 5.69 Å². The van der Waals surface area contributed by atoms with Crippen molar-refractivity contribution in [2.75, 3.05) is 0 Å². The number of furan rings is 1. The van der Waals surface area contributed by atoms with Gasteiger partial charge < -0.3 is 9.15 Å². The van der Waals surface area contributed by atoms with Gasteiger partial charge in [0.05, 0.1) is 6.93 Å². The van der Waals surface area contributed by atoms with Crippen LogP contribution in [0.15, 0.2) is 33.6 Å². The maximum Gasteiger partial charge on any atom is 0.368 e. The van der Waals surface area contributed by atoms with Gasteiger partial charge in [-0.05, 0) is 16.5 Å². The van der Waals surface area contributed by atoms with Gasteiger partial charge in [0.2, 0.25) is 0 Å². The molecule has 3 aromatic heterocycles. The number of aromatic nitrogens is 5. The van der Waals surface area contributed by atoms with E-state index in [2.05, 4.69) is 22.0 Å². The minimum Gasteiger partial charge on any atom is -0.465 e. The lowest BCUT2D eigenvalue weighted by Gasteiger charge is -2.03. The maximum absolute atomic E-state index is 12.0. The fourth-order valence-electron chi connectivity index (χ4n) is 1.73. The molecular formula is C12H11N5O3S. The van der Waals surface area contributed by atoms with Crippen LogP contribution >= 0.6 is 11.3 Å². The molecule has 0 spiro atoms. The topological polar surface area (TPSA) is 88.0 Å². The summed E-state index contributed by atoms with van der Waals surface area (Å²) >= 11 is 1.22. The largest absolute Gasteiger partial charge is 0.465 e. The Bertz CT molecular complexity index is 878. The van der Waals surface area contributed by atoms with Gasteiger partial charge in [-0.3, -0.25) is 0 Å². The summed E-state index contributed by atoms with van der Waals surface area (Å²) in [7, 11) is 1.50. The van der Waals surface area contributed by atoms with Crippen molar-refractivity contribution in [1.82, 2.24) is 24.8 Å². The first-order valence-corrected chi connectivity index (χ1v) is 6.75. The van der Waals surface area contributed by atoms with Crippen LogP contribution in [0.2, 0.25) is 0 Å². The Hall–Kier alpha value is -2.68. The zero-order valence-corrected chi connectivity index (χ0v) is 11.8. The molecule has 8 nitrogen and oxygen atoms in total. The molecule has 0 aliphatic heterocycles. The van der Waals surface area contributed by atoms with Gasteiger partial charge in [0.1, 0.15) is 24.3 Å². The van der Waals surface area contributed by atoms with E-state index in [-0.39, 0.29) is 12.8 Å². The summed E-state index contributed by atoms with van der Waals surface area (Å²) in [5.74, 6) is 0.468. The predicted molar refractivity (Wildman–Crippen MR) is 75.4 cm³/mol. The van der Waals surface area contributed by atoms with E-state index in [1.165, 1.54) is 30.7 Å². The van der Waals surface area contributed by atoms with Crippen molar-refractivity contribution >= 4 is 17.4 Å².